The molecule has 3 aliphatic heterocycles. The molecule has 1 aromatic rings. The first-order valence-electron chi connectivity index (χ1n) is 8.16. The van der Waals surface area contributed by atoms with E-state index in [-0.39, 0.29) is 5.91 Å². The van der Waals surface area contributed by atoms with Gasteiger partial charge >= 0.3 is 0 Å². The van der Waals surface area contributed by atoms with Gasteiger partial charge in [0.05, 0.1) is 18.1 Å². The Morgan fingerprint density at radius 3 is 2.68 bits per heavy atom. The third-order valence-electron chi connectivity index (χ3n) is 5.34. The van der Waals surface area contributed by atoms with Gasteiger partial charge < -0.3 is 19.5 Å². The van der Waals surface area contributed by atoms with Crippen LogP contribution in [0.3, 0.4) is 0 Å². The minimum atomic E-state index is -1.29. The Balaban J connectivity index is 1.84. The lowest BCUT2D eigenvalue weighted by molar-refractivity contribution is -0.313. The summed E-state index contributed by atoms with van der Waals surface area (Å²) in [6, 6.07) is 5.15. The molecule has 0 aliphatic carbocycles. The van der Waals surface area contributed by atoms with E-state index >= 15 is 0 Å². The molecule has 3 heterocycles. The highest BCUT2D eigenvalue weighted by molar-refractivity contribution is 6.03. The Morgan fingerprint density at radius 2 is 2.08 bits per heavy atom. The van der Waals surface area contributed by atoms with Crippen molar-refractivity contribution >= 4 is 17.6 Å². The van der Waals surface area contributed by atoms with Crippen LogP contribution in [0.4, 0.5) is 10.1 Å². The molecular weight excluding hydrogens is 325 g/mol. The highest BCUT2D eigenvalue weighted by atomic mass is 19.1. The molecule has 3 aliphatic rings. The van der Waals surface area contributed by atoms with Gasteiger partial charge in [-0.25, -0.2) is 4.39 Å². The standard InChI is InChI=1S/C19H18FNO4/c1-10(2)9-14-19-8-7-13(25-19)15(18(23)24)16(19)17(22)21(14)12-5-3-11(20)4-6-12/h3-8,13-16H,1,9H2,2H3,(H,23,24)/p-1/t13-,14-,15+,16+,19+/m0/s1. The number of fused-ring (bicyclic) bond motifs is 1. The fourth-order valence-electron chi connectivity index (χ4n) is 4.41. The summed E-state index contributed by atoms with van der Waals surface area (Å²) in [6.07, 6.45) is 3.30. The molecule has 130 valence electrons. The molecule has 0 N–H and O–H groups in total. The lowest BCUT2D eigenvalue weighted by Gasteiger charge is -2.33. The van der Waals surface area contributed by atoms with E-state index in [0.29, 0.717) is 12.1 Å². The number of carbonyl (C=O) groups excluding carboxylic acids is 2. The number of hydrogen-bond acceptors (Lipinski definition) is 4. The topological polar surface area (TPSA) is 69.7 Å². The van der Waals surface area contributed by atoms with Gasteiger partial charge in [-0.15, -0.1) is 6.58 Å². The number of hydrogen-bond donors (Lipinski definition) is 0. The van der Waals surface area contributed by atoms with E-state index in [1.54, 1.807) is 12.2 Å². The maximum atomic E-state index is 13.3. The van der Waals surface area contributed by atoms with Gasteiger partial charge in [0.25, 0.3) is 0 Å². The zero-order valence-electron chi connectivity index (χ0n) is 13.6. The van der Waals surface area contributed by atoms with Crippen LogP contribution in [-0.4, -0.2) is 29.6 Å². The van der Waals surface area contributed by atoms with Crippen LogP contribution in [0.25, 0.3) is 0 Å². The van der Waals surface area contributed by atoms with E-state index in [0.717, 1.165) is 5.57 Å². The predicted molar refractivity (Wildman–Crippen MR) is 85.8 cm³/mol. The Kier molecular flexibility index (Phi) is 3.37. The van der Waals surface area contributed by atoms with Crippen molar-refractivity contribution < 1.29 is 23.8 Å². The summed E-state index contributed by atoms with van der Waals surface area (Å²) in [7, 11) is 0. The smallest absolute Gasteiger partial charge is 0.234 e. The monoisotopic (exact) mass is 342 g/mol. The number of halogens is 1. The molecule has 2 fully saturated rings. The van der Waals surface area contributed by atoms with E-state index in [4.69, 9.17) is 4.74 Å². The maximum Gasteiger partial charge on any atom is 0.234 e. The SMILES string of the molecule is C=C(C)C[C@@H]1N(c2ccc(F)cc2)C(=O)[C@H]2[C@H](C(=O)[O-])[C@@H]3C=C[C@@]12O3. The first-order valence-corrected chi connectivity index (χ1v) is 8.16. The fourth-order valence-corrected chi connectivity index (χ4v) is 4.41. The van der Waals surface area contributed by atoms with Crippen LogP contribution in [0.1, 0.15) is 13.3 Å². The zero-order chi connectivity index (χ0) is 17.9. The third kappa shape index (κ3) is 2.10. The molecule has 4 rings (SSSR count). The molecular formula is C19H17FNO4-. The van der Waals surface area contributed by atoms with E-state index in [1.807, 2.05) is 6.92 Å². The number of carboxylic acids is 1. The number of anilines is 1. The lowest BCUT2D eigenvalue weighted by atomic mass is 9.74. The highest BCUT2D eigenvalue weighted by Gasteiger charge is 2.69. The van der Waals surface area contributed by atoms with E-state index in [1.165, 1.54) is 29.2 Å². The average molecular weight is 342 g/mol. The molecule has 0 aromatic heterocycles. The zero-order valence-corrected chi connectivity index (χ0v) is 13.6. The lowest BCUT2D eigenvalue weighted by Crippen LogP contribution is -2.46. The Hall–Kier alpha value is -2.47. The molecule has 1 spiro atoms. The second kappa shape index (κ2) is 5.26. The Bertz CT molecular complexity index is 802. The quantitative estimate of drug-likeness (QED) is 0.771. The van der Waals surface area contributed by atoms with Crippen LogP contribution in [0.15, 0.2) is 48.6 Å². The molecule has 1 amide bonds. The van der Waals surface area contributed by atoms with Gasteiger partial charge in [0.1, 0.15) is 11.4 Å². The van der Waals surface area contributed by atoms with Gasteiger partial charge in [-0.2, -0.15) is 0 Å². The van der Waals surface area contributed by atoms with Gasteiger partial charge in [-0.1, -0.05) is 17.7 Å². The largest absolute Gasteiger partial charge is 0.550 e. The maximum absolute atomic E-state index is 13.3. The van der Waals surface area contributed by atoms with Crippen LogP contribution >= 0.6 is 0 Å². The molecule has 25 heavy (non-hydrogen) atoms. The summed E-state index contributed by atoms with van der Waals surface area (Å²) in [5.74, 6) is -3.89. The summed E-state index contributed by atoms with van der Waals surface area (Å²) in [5, 5.41) is 11.6. The number of benzene rings is 1. The van der Waals surface area contributed by atoms with Crippen molar-refractivity contribution in [2.75, 3.05) is 4.90 Å². The van der Waals surface area contributed by atoms with Crippen molar-refractivity contribution in [2.24, 2.45) is 11.8 Å². The molecule has 5 nitrogen and oxygen atoms in total. The van der Waals surface area contributed by atoms with Crippen molar-refractivity contribution in [2.45, 2.75) is 31.1 Å². The minimum absolute atomic E-state index is 0.334. The predicted octanol–water partition coefficient (Wildman–Crippen LogP) is 1.20. The minimum Gasteiger partial charge on any atom is -0.550 e. The first-order chi connectivity index (χ1) is 11.8. The molecule has 6 heteroatoms. The van der Waals surface area contributed by atoms with E-state index < -0.39 is 41.4 Å². The number of nitrogens with zero attached hydrogens (tertiary/aromatic N) is 1. The van der Waals surface area contributed by atoms with Crippen molar-refractivity contribution in [3.05, 3.63) is 54.4 Å². The van der Waals surface area contributed by atoms with Crippen molar-refractivity contribution in [3.8, 4) is 0 Å². The summed E-state index contributed by atoms with van der Waals surface area (Å²) in [5.41, 5.74) is 0.344. The van der Waals surface area contributed by atoms with Crippen LogP contribution < -0.4 is 10.0 Å². The van der Waals surface area contributed by atoms with Crippen LogP contribution in [-0.2, 0) is 14.3 Å². The summed E-state index contributed by atoms with van der Waals surface area (Å²) >= 11 is 0. The second-order valence-electron chi connectivity index (χ2n) is 6.98. The number of ether oxygens (including phenoxy) is 1. The van der Waals surface area contributed by atoms with Crippen molar-refractivity contribution in [1.29, 1.82) is 0 Å². The number of aliphatic carboxylic acids is 1. The second-order valence-corrected chi connectivity index (χ2v) is 6.98. The number of rotatable bonds is 4. The van der Waals surface area contributed by atoms with Crippen molar-refractivity contribution in [1.82, 2.24) is 0 Å². The first kappa shape index (κ1) is 16.0. The Labute approximate surface area is 144 Å². The molecule has 0 unspecified atom stereocenters. The summed E-state index contributed by atoms with van der Waals surface area (Å²) in [4.78, 5) is 26.3. The molecule has 0 saturated carbocycles. The fraction of sp³-hybridized carbons (Fsp3) is 0.368. The van der Waals surface area contributed by atoms with E-state index in [9.17, 15) is 19.1 Å². The van der Waals surface area contributed by atoms with Gasteiger partial charge in [-0.3, -0.25) is 4.79 Å². The number of carboxylic acid groups (broad SMARTS) is 1. The van der Waals surface area contributed by atoms with Crippen molar-refractivity contribution in [3.63, 3.8) is 0 Å². The molecule has 1 aromatic carbocycles. The Morgan fingerprint density at radius 1 is 1.40 bits per heavy atom. The van der Waals surface area contributed by atoms with Gasteiger partial charge in [-0.05, 0) is 37.6 Å². The van der Waals surface area contributed by atoms with Crippen LogP contribution in [0, 0.1) is 17.7 Å². The van der Waals surface area contributed by atoms with E-state index in [2.05, 4.69) is 6.58 Å². The highest BCUT2D eigenvalue weighted by Crippen LogP contribution is 2.56. The van der Waals surface area contributed by atoms with Gasteiger partial charge in [0, 0.05) is 17.6 Å². The number of carbonyl (C=O) groups is 2. The molecule has 2 bridgehead atoms. The van der Waals surface area contributed by atoms with Crippen LogP contribution in [0.2, 0.25) is 0 Å². The number of amides is 1. The van der Waals surface area contributed by atoms with Gasteiger partial charge in [0.2, 0.25) is 5.91 Å². The average Bonchev–Trinajstić information content (AvgIpc) is 3.18. The van der Waals surface area contributed by atoms with Crippen LogP contribution in [0.5, 0.6) is 0 Å². The molecule has 2 saturated heterocycles. The van der Waals surface area contributed by atoms with Gasteiger partial charge in [0.15, 0.2) is 0 Å². The third-order valence-corrected chi connectivity index (χ3v) is 5.34. The summed E-state index contributed by atoms with van der Waals surface area (Å²) in [6.45, 7) is 5.77. The molecule has 0 radical (unpaired) electrons. The molecule has 5 atom stereocenters. The normalized spacial score (nSPS) is 35.3. The summed E-state index contributed by atoms with van der Waals surface area (Å²) < 4.78 is 19.3.